The van der Waals surface area contributed by atoms with Crippen LogP contribution < -0.4 is 15.4 Å². The van der Waals surface area contributed by atoms with Gasteiger partial charge in [0, 0.05) is 22.8 Å². The topological polar surface area (TPSA) is 50.4 Å². The molecule has 1 aliphatic carbocycles. The van der Waals surface area contributed by atoms with Crippen LogP contribution in [0.15, 0.2) is 54.6 Å². The van der Waals surface area contributed by atoms with Gasteiger partial charge >= 0.3 is 6.09 Å². The molecule has 2 N–H and O–H groups in total. The molecule has 5 heteroatoms. The van der Waals surface area contributed by atoms with Gasteiger partial charge in [0.05, 0.1) is 5.00 Å². The molecule has 140 valence electrons. The first-order chi connectivity index (χ1) is 13.2. The normalized spacial score (nSPS) is 14.9. The van der Waals surface area contributed by atoms with E-state index in [0.717, 1.165) is 26.6 Å². The Balaban J connectivity index is 1.37. The number of carbonyl (C=O) groups excluding carboxylic acids is 1. The van der Waals surface area contributed by atoms with Crippen molar-refractivity contribution in [2.24, 2.45) is 5.92 Å². The van der Waals surface area contributed by atoms with E-state index in [4.69, 9.17) is 4.74 Å². The molecule has 1 aromatic heterocycles. The molecule has 1 atom stereocenters. The van der Waals surface area contributed by atoms with Gasteiger partial charge in [-0.25, -0.2) is 4.79 Å². The maximum absolute atomic E-state index is 12.4. The van der Waals surface area contributed by atoms with E-state index in [9.17, 15) is 4.79 Å². The minimum absolute atomic E-state index is 0.458. The lowest BCUT2D eigenvalue weighted by Crippen LogP contribution is -2.26. The minimum atomic E-state index is -0.458. The van der Waals surface area contributed by atoms with Crippen molar-refractivity contribution in [2.75, 3.05) is 5.32 Å². The van der Waals surface area contributed by atoms with Gasteiger partial charge < -0.3 is 10.1 Å². The number of fused-ring (bicyclic) bond motifs is 1. The van der Waals surface area contributed by atoms with Crippen molar-refractivity contribution in [3.8, 4) is 5.75 Å². The third-order valence-electron chi connectivity index (χ3n) is 4.85. The Morgan fingerprint density at radius 2 is 1.96 bits per heavy atom. The lowest BCUT2D eigenvalue weighted by molar-refractivity contribution is 0.214. The van der Waals surface area contributed by atoms with E-state index in [2.05, 4.69) is 17.6 Å². The van der Waals surface area contributed by atoms with Crippen LogP contribution in [0.5, 0.6) is 5.75 Å². The van der Waals surface area contributed by atoms with E-state index in [1.807, 2.05) is 54.6 Å². The Kier molecular flexibility index (Phi) is 5.41. The van der Waals surface area contributed by atoms with Crippen molar-refractivity contribution >= 4 is 32.5 Å². The summed E-state index contributed by atoms with van der Waals surface area (Å²) in [5.41, 5.74) is 0.992. The summed E-state index contributed by atoms with van der Waals surface area (Å²) in [5, 5.41) is 8.29. The van der Waals surface area contributed by atoms with Crippen molar-refractivity contribution in [1.82, 2.24) is 5.32 Å². The lowest BCUT2D eigenvalue weighted by atomic mass is 10.1. The SMILES string of the molecule is CC(CC1CC1)NCc1ccccc1OC(=O)Nc1cc2ccccc2s1. The van der Waals surface area contributed by atoms with Crippen molar-refractivity contribution in [2.45, 2.75) is 38.8 Å². The van der Waals surface area contributed by atoms with Crippen LogP contribution >= 0.6 is 11.3 Å². The van der Waals surface area contributed by atoms with Crippen LogP contribution in [0.1, 0.15) is 31.7 Å². The number of ether oxygens (including phenoxy) is 1. The molecule has 4 nitrogen and oxygen atoms in total. The molecule has 2 aromatic carbocycles. The number of para-hydroxylation sites is 1. The summed E-state index contributed by atoms with van der Waals surface area (Å²) in [5.74, 6) is 1.49. The second kappa shape index (κ2) is 8.11. The highest BCUT2D eigenvalue weighted by atomic mass is 32.1. The second-order valence-electron chi connectivity index (χ2n) is 7.23. The largest absolute Gasteiger partial charge is 0.417 e. The molecular weight excluding hydrogens is 356 g/mol. The average Bonchev–Trinajstić information content (AvgIpc) is 3.37. The molecular formula is C22H24N2O2S. The summed E-state index contributed by atoms with van der Waals surface area (Å²) in [7, 11) is 0. The Morgan fingerprint density at radius 1 is 1.19 bits per heavy atom. The molecule has 0 radical (unpaired) electrons. The monoisotopic (exact) mass is 380 g/mol. The predicted molar refractivity (Wildman–Crippen MR) is 112 cm³/mol. The smallest absolute Gasteiger partial charge is 0.410 e. The first-order valence-corrected chi connectivity index (χ1v) is 10.3. The van der Waals surface area contributed by atoms with Gasteiger partial charge in [-0.1, -0.05) is 49.2 Å². The van der Waals surface area contributed by atoms with E-state index in [1.165, 1.54) is 19.3 Å². The van der Waals surface area contributed by atoms with Crippen molar-refractivity contribution in [3.05, 3.63) is 60.2 Å². The van der Waals surface area contributed by atoms with Crippen molar-refractivity contribution < 1.29 is 9.53 Å². The van der Waals surface area contributed by atoms with Crippen LogP contribution in [0.4, 0.5) is 9.80 Å². The molecule has 4 rings (SSSR count). The summed E-state index contributed by atoms with van der Waals surface area (Å²) in [6.45, 7) is 2.91. The minimum Gasteiger partial charge on any atom is -0.410 e. The van der Waals surface area contributed by atoms with Gasteiger partial charge in [0.15, 0.2) is 0 Å². The van der Waals surface area contributed by atoms with E-state index in [-0.39, 0.29) is 0 Å². The highest BCUT2D eigenvalue weighted by Gasteiger charge is 2.23. The number of thiophene rings is 1. The molecule has 3 aromatic rings. The number of nitrogens with one attached hydrogen (secondary N) is 2. The maximum atomic E-state index is 12.4. The zero-order valence-corrected chi connectivity index (χ0v) is 16.2. The Morgan fingerprint density at radius 3 is 2.78 bits per heavy atom. The molecule has 0 spiro atoms. The third kappa shape index (κ3) is 4.87. The molecule has 1 fully saturated rings. The molecule has 1 aliphatic rings. The van der Waals surface area contributed by atoms with Gasteiger partial charge in [0.2, 0.25) is 0 Å². The van der Waals surface area contributed by atoms with E-state index < -0.39 is 6.09 Å². The van der Waals surface area contributed by atoms with E-state index >= 15 is 0 Å². The van der Waals surface area contributed by atoms with E-state index in [0.29, 0.717) is 18.3 Å². The Bertz CT molecular complexity index is 900. The van der Waals surface area contributed by atoms with Gasteiger partial charge in [0.1, 0.15) is 5.75 Å². The van der Waals surface area contributed by atoms with Crippen LogP contribution in [0.3, 0.4) is 0 Å². The molecule has 0 saturated heterocycles. The van der Waals surface area contributed by atoms with Gasteiger partial charge in [-0.05, 0) is 42.8 Å². The van der Waals surface area contributed by atoms with Gasteiger partial charge in [0.25, 0.3) is 0 Å². The summed E-state index contributed by atoms with van der Waals surface area (Å²) in [6.07, 6.45) is 3.49. The predicted octanol–water partition coefficient (Wildman–Crippen LogP) is 5.79. The standard InChI is InChI=1S/C22H24N2O2S/c1-15(12-16-10-11-16)23-14-18-7-2-4-8-19(18)26-22(25)24-21-13-17-6-3-5-9-20(17)27-21/h2-9,13,15-16,23H,10-12,14H2,1H3,(H,24,25). The number of anilines is 1. The highest BCUT2D eigenvalue weighted by Crippen LogP contribution is 2.33. The summed E-state index contributed by atoms with van der Waals surface area (Å²) >= 11 is 1.54. The zero-order chi connectivity index (χ0) is 18.6. The number of benzene rings is 2. The fraction of sp³-hybridized carbons (Fsp3) is 0.318. The molecule has 27 heavy (non-hydrogen) atoms. The summed E-state index contributed by atoms with van der Waals surface area (Å²) < 4.78 is 6.73. The molecule has 1 heterocycles. The summed E-state index contributed by atoms with van der Waals surface area (Å²) in [4.78, 5) is 12.4. The van der Waals surface area contributed by atoms with Crippen molar-refractivity contribution in [3.63, 3.8) is 0 Å². The Labute approximate surface area is 163 Å². The lowest BCUT2D eigenvalue weighted by Gasteiger charge is -2.15. The number of amides is 1. The number of carbonyl (C=O) groups is 1. The van der Waals surface area contributed by atoms with E-state index in [1.54, 1.807) is 11.3 Å². The zero-order valence-electron chi connectivity index (χ0n) is 15.4. The summed E-state index contributed by atoms with van der Waals surface area (Å²) in [6, 6.07) is 18.2. The molecule has 1 saturated carbocycles. The van der Waals surface area contributed by atoms with Gasteiger partial charge in [-0.15, -0.1) is 11.3 Å². The van der Waals surface area contributed by atoms with Gasteiger partial charge in [-0.2, -0.15) is 0 Å². The van der Waals surface area contributed by atoms with Crippen LogP contribution in [-0.4, -0.2) is 12.1 Å². The second-order valence-corrected chi connectivity index (χ2v) is 8.32. The van der Waals surface area contributed by atoms with Crippen molar-refractivity contribution in [1.29, 1.82) is 0 Å². The number of hydrogen-bond donors (Lipinski definition) is 2. The fourth-order valence-electron chi connectivity index (χ4n) is 3.24. The maximum Gasteiger partial charge on any atom is 0.417 e. The van der Waals surface area contributed by atoms with Crippen LogP contribution in [0, 0.1) is 5.92 Å². The molecule has 1 amide bonds. The first kappa shape index (κ1) is 18.0. The average molecular weight is 381 g/mol. The molecule has 1 unspecified atom stereocenters. The number of rotatable bonds is 7. The third-order valence-corrected chi connectivity index (χ3v) is 5.88. The quantitative estimate of drug-likeness (QED) is 0.545. The fourth-order valence-corrected chi connectivity index (χ4v) is 4.19. The van der Waals surface area contributed by atoms with Crippen LogP contribution in [0.2, 0.25) is 0 Å². The van der Waals surface area contributed by atoms with Crippen LogP contribution in [-0.2, 0) is 6.54 Å². The highest BCUT2D eigenvalue weighted by molar-refractivity contribution is 7.22. The first-order valence-electron chi connectivity index (χ1n) is 9.46. The molecule has 0 bridgehead atoms. The molecule has 0 aliphatic heterocycles. The van der Waals surface area contributed by atoms with Crippen LogP contribution in [0.25, 0.3) is 10.1 Å². The Hall–Kier alpha value is -2.37. The number of hydrogen-bond acceptors (Lipinski definition) is 4. The van der Waals surface area contributed by atoms with Gasteiger partial charge in [-0.3, -0.25) is 5.32 Å².